The highest BCUT2D eigenvalue weighted by Crippen LogP contribution is 2.32. The molecule has 1 aliphatic heterocycles. The van der Waals surface area contributed by atoms with Crippen molar-refractivity contribution < 1.29 is 17.9 Å². The monoisotopic (exact) mass is 472 g/mol. The van der Waals surface area contributed by atoms with Crippen LogP contribution in [0.5, 0.6) is 5.75 Å². The summed E-state index contributed by atoms with van der Waals surface area (Å²) in [5, 5.41) is 3.12. The summed E-state index contributed by atoms with van der Waals surface area (Å²) in [4.78, 5) is 13.0. The molecule has 0 radical (unpaired) electrons. The largest absolute Gasteiger partial charge is 0.495 e. The van der Waals surface area contributed by atoms with E-state index in [9.17, 15) is 13.2 Å². The zero-order chi connectivity index (χ0) is 24.0. The van der Waals surface area contributed by atoms with Crippen molar-refractivity contribution in [2.75, 3.05) is 20.2 Å². The Balaban J connectivity index is 1.57. The molecule has 1 amide bonds. The summed E-state index contributed by atoms with van der Waals surface area (Å²) in [6.45, 7) is 6.74. The van der Waals surface area contributed by atoms with Crippen molar-refractivity contribution in [3.8, 4) is 5.75 Å². The Morgan fingerprint density at radius 2 is 1.76 bits per heavy atom. The van der Waals surface area contributed by atoms with Gasteiger partial charge in [-0.25, -0.2) is 8.42 Å². The van der Waals surface area contributed by atoms with Gasteiger partial charge in [-0.15, -0.1) is 0 Å². The zero-order valence-corrected chi connectivity index (χ0v) is 20.9. The van der Waals surface area contributed by atoms with Crippen LogP contribution in [0.2, 0.25) is 0 Å². The van der Waals surface area contributed by atoms with Crippen LogP contribution in [-0.2, 0) is 21.2 Å². The number of hydrogen-bond acceptors (Lipinski definition) is 4. The number of methoxy groups -OCH3 is 1. The smallest absolute Gasteiger partial charge is 0.246 e. The van der Waals surface area contributed by atoms with E-state index in [1.807, 2.05) is 45.0 Å². The van der Waals surface area contributed by atoms with Crippen LogP contribution in [0.25, 0.3) is 0 Å². The second-order valence-corrected chi connectivity index (χ2v) is 11.1. The van der Waals surface area contributed by atoms with Gasteiger partial charge in [0.15, 0.2) is 0 Å². The number of rotatable bonds is 9. The molecule has 3 rings (SSSR count). The Hall–Kier alpha value is -2.38. The minimum atomic E-state index is -3.70. The van der Waals surface area contributed by atoms with E-state index in [1.165, 1.54) is 17.0 Å². The highest BCUT2D eigenvalue weighted by Gasteiger charge is 2.34. The number of sulfonamides is 1. The summed E-state index contributed by atoms with van der Waals surface area (Å²) >= 11 is 0. The highest BCUT2D eigenvalue weighted by atomic mass is 32.2. The molecule has 0 saturated carbocycles. The SMILES string of the molecule is COc1ccc(C(C)C)cc1S(=O)(=O)N1CCC(C(=O)N[C@H](C)CCc2ccccc2)CC1. The summed E-state index contributed by atoms with van der Waals surface area (Å²) in [6.07, 6.45) is 2.82. The first-order chi connectivity index (χ1) is 15.7. The van der Waals surface area contributed by atoms with Gasteiger partial charge in [-0.05, 0) is 61.8 Å². The summed E-state index contributed by atoms with van der Waals surface area (Å²) in [7, 11) is -2.21. The van der Waals surface area contributed by atoms with Gasteiger partial charge < -0.3 is 10.1 Å². The van der Waals surface area contributed by atoms with Crippen molar-refractivity contribution in [3.63, 3.8) is 0 Å². The van der Waals surface area contributed by atoms with Crippen molar-refractivity contribution >= 4 is 15.9 Å². The molecule has 1 aliphatic rings. The van der Waals surface area contributed by atoms with E-state index in [4.69, 9.17) is 4.74 Å². The van der Waals surface area contributed by atoms with E-state index in [-0.39, 0.29) is 28.7 Å². The molecule has 1 heterocycles. The summed E-state index contributed by atoms with van der Waals surface area (Å²) in [5.41, 5.74) is 2.21. The number of piperidine rings is 1. The number of benzene rings is 2. The van der Waals surface area contributed by atoms with Gasteiger partial charge in [-0.2, -0.15) is 4.31 Å². The zero-order valence-electron chi connectivity index (χ0n) is 20.1. The Labute approximate surface area is 198 Å². The average molecular weight is 473 g/mol. The Bertz CT molecular complexity index is 1030. The van der Waals surface area contributed by atoms with Crippen LogP contribution >= 0.6 is 0 Å². The molecule has 7 heteroatoms. The number of nitrogens with zero attached hydrogens (tertiary/aromatic N) is 1. The second-order valence-electron chi connectivity index (χ2n) is 9.18. The molecule has 0 unspecified atom stereocenters. The molecule has 1 atom stereocenters. The number of aryl methyl sites for hydroxylation is 1. The number of hydrogen-bond donors (Lipinski definition) is 1. The van der Waals surface area contributed by atoms with Crippen molar-refractivity contribution in [2.24, 2.45) is 5.92 Å². The Kier molecular flexibility index (Phi) is 8.54. The van der Waals surface area contributed by atoms with Crippen LogP contribution in [0.4, 0.5) is 0 Å². The van der Waals surface area contributed by atoms with E-state index in [0.29, 0.717) is 31.7 Å². The lowest BCUT2D eigenvalue weighted by Gasteiger charge is -2.31. The first-order valence-corrected chi connectivity index (χ1v) is 13.2. The van der Waals surface area contributed by atoms with E-state index < -0.39 is 10.0 Å². The summed E-state index contributed by atoms with van der Waals surface area (Å²) < 4.78 is 33.6. The standard InChI is InChI=1S/C26H36N2O4S/c1-19(2)23-12-13-24(32-4)25(18-23)33(30,31)28-16-14-22(15-17-28)26(29)27-20(3)10-11-21-8-6-5-7-9-21/h5-9,12-13,18-20,22H,10-11,14-17H2,1-4H3,(H,27,29)/t20-/m1/s1. The van der Waals surface area contributed by atoms with Crippen molar-refractivity contribution in [1.29, 1.82) is 0 Å². The molecule has 0 spiro atoms. The van der Waals surface area contributed by atoms with Gasteiger partial charge in [0.2, 0.25) is 15.9 Å². The second kappa shape index (κ2) is 11.2. The summed E-state index contributed by atoms with van der Waals surface area (Å²) in [5.74, 6) is 0.418. The van der Waals surface area contributed by atoms with E-state index in [2.05, 4.69) is 17.4 Å². The number of carbonyl (C=O) groups is 1. The van der Waals surface area contributed by atoms with Crippen molar-refractivity contribution in [2.45, 2.75) is 63.3 Å². The minimum Gasteiger partial charge on any atom is -0.495 e. The van der Waals surface area contributed by atoms with Gasteiger partial charge in [-0.3, -0.25) is 4.79 Å². The predicted molar refractivity (Wildman–Crippen MR) is 131 cm³/mol. The third kappa shape index (κ3) is 6.36. The molecule has 2 aromatic rings. The predicted octanol–water partition coefficient (Wildman–Crippen LogP) is 4.36. The number of nitrogens with one attached hydrogen (secondary N) is 1. The fourth-order valence-electron chi connectivity index (χ4n) is 4.21. The normalized spacial score (nSPS) is 16.5. The van der Waals surface area contributed by atoms with E-state index in [0.717, 1.165) is 18.4 Å². The van der Waals surface area contributed by atoms with Crippen LogP contribution in [0.1, 0.15) is 57.1 Å². The van der Waals surface area contributed by atoms with Crippen LogP contribution < -0.4 is 10.1 Å². The summed E-state index contributed by atoms with van der Waals surface area (Å²) in [6, 6.07) is 15.6. The maximum atomic E-state index is 13.4. The Morgan fingerprint density at radius 1 is 1.09 bits per heavy atom. The van der Waals surface area contributed by atoms with Gasteiger partial charge in [-0.1, -0.05) is 50.2 Å². The van der Waals surface area contributed by atoms with Crippen LogP contribution in [0, 0.1) is 5.92 Å². The van der Waals surface area contributed by atoms with Crippen molar-refractivity contribution in [1.82, 2.24) is 9.62 Å². The number of carbonyl (C=O) groups excluding carboxylic acids is 1. The molecule has 1 saturated heterocycles. The molecular weight excluding hydrogens is 436 g/mol. The molecule has 0 aliphatic carbocycles. The van der Waals surface area contributed by atoms with Crippen LogP contribution in [0.15, 0.2) is 53.4 Å². The average Bonchev–Trinajstić information content (AvgIpc) is 2.83. The van der Waals surface area contributed by atoms with Crippen LogP contribution in [0.3, 0.4) is 0 Å². The van der Waals surface area contributed by atoms with Gasteiger partial charge in [0, 0.05) is 25.0 Å². The maximum absolute atomic E-state index is 13.4. The molecule has 2 aromatic carbocycles. The third-order valence-electron chi connectivity index (χ3n) is 6.39. The molecule has 6 nitrogen and oxygen atoms in total. The molecule has 180 valence electrons. The van der Waals surface area contributed by atoms with Crippen LogP contribution in [-0.4, -0.2) is 44.9 Å². The lowest BCUT2D eigenvalue weighted by molar-refractivity contribution is -0.126. The maximum Gasteiger partial charge on any atom is 0.246 e. The lowest BCUT2D eigenvalue weighted by atomic mass is 9.96. The molecule has 1 fully saturated rings. The molecule has 0 bridgehead atoms. The topological polar surface area (TPSA) is 75.7 Å². The first-order valence-electron chi connectivity index (χ1n) is 11.7. The van der Waals surface area contributed by atoms with Crippen molar-refractivity contribution in [3.05, 3.63) is 59.7 Å². The lowest BCUT2D eigenvalue weighted by Crippen LogP contribution is -2.44. The third-order valence-corrected chi connectivity index (χ3v) is 8.31. The van der Waals surface area contributed by atoms with Gasteiger partial charge in [0.1, 0.15) is 10.6 Å². The van der Waals surface area contributed by atoms with Gasteiger partial charge in [0.25, 0.3) is 0 Å². The molecule has 1 N–H and O–H groups in total. The molecular formula is C26H36N2O4S. The fourth-order valence-corrected chi connectivity index (χ4v) is 5.87. The van der Waals surface area contributed by atoms with E-state index in [1.54, 1.807) is 12.1 Å². The molecule has 33 heavy (non-hydrogen) atoms. The number of amides is 1. The number of ether oxygens (including phenoxy) is 1. The first kappa shape index (κ1) is 25.2. The highest BCUT2D eigenvalue weighted by molar-refractivity contribution is 7.89. The fraction of sp³-hybridized carbons (Fsp3) is 0.500. The Morgan fingerprint density at radius 3 is 2.36 bits per heavy atom. The minimum absolute atomic E-state index is 0.0204. The quantitative estimate of drug-likeness (QED) is 0.588. The van der Waals surface area contributed by atoms with Gasteiger partial charge >= 0.3 is 0 Å². The molecule has 0 aromatic heterocycles. The van der Waals surface area contributed by atoms with E-state index >= 15 is 0 Å². The van der Waals surface area contributed by atoms with Gasteiger partial charge in [0.05, 0.1) is 7.11 Å².